The first-order chi connectivity index (χ1) is 9.06. The molecule has 0 aliphatic carbocycles. The first-order valence-electron chi connectivity index (χ1n) is 5.53. The average molecular weight is 279 g/mol. The minimum atomic E-state index is -0.625. The first-order valence-corrected chi connectivity index (χ1v) is 5.93. The lowest BCUT2D eigenvalue weighted by Gasteiger charge is -2.08. The van der Waals surface area contributed by atoms with Gasteiger partial charge in [-0.15, -0.1) is 0 Å². The maximum Gasteiger partial charge on any atom is 0.132 e. The Morgan fingerprint density at radius 1 is 1.11 bits per heavy atom. The number of ether oxygens (including phenoxy) is 1. The molecule has 0 spiro atoms. The van der Waals surface area contributed by atoms with Gasteiger partial charge in [0.15, 0.2) is 0 Å². The number of benzene rings is 2. The van der Waals surface area contributed by atoms with Crippen LogP contribution in [-0.4, -0.2) is 4.99 Å². The molecule has 5 heteroatoms. The van der Waals surface area contributed by atoms with Crippen LogP contribution >= 0.6 is 12.2 Å². The second kappa shape index (κ2) is 5.75. The van der Waals surface area contributed by atoms with Gasteiger partial charge in [-0.25, -0.2) is 8.78 Å². The van der Waals surface area contributed by atoms with Gasteiger partial charge in [-0.2, -0.15) is 0 Å². The Morgan fingerprint density at radius 2 is 1.79 bits per heavy atom. The first kappa shape index (κ1) is 13.4. The number of thiocarbonyl (C=S) groups is 1. The van der Waals surface area contributed by atoms with Crippen molar-refractivity contribution >= 4 is 17.2 Å². The quantitative estimate of drug-likeness (QED) is 0.873. The van der Waals surface area contributed by atoms with Crippen LogP contribution in [0.3, 0.4) is 0 Å². The number of rotatable bonds is 4. The molecule has 2 rings (SSSR count). The van der Waals surface area contributed by atoms with Crippen LogP contribution in [0.2, 0.25) is 0 Å². The van der Waals surface area contributed by atoms with E-state index in [4.69, 9.17) is 22.7 Å². The van der Waals surface area contributed by atoms with E-state index in [2.05, 4.69) is 0 Å². The number of nitrogens with two attached hydrogens (primary N) is 1. The van der Waals surface area contributed by atoms with Crippen LogP contribution in [0.1, 0.15) is 11.1 Å². The summed E-state index contributed by atoms with van der Waals surface area (Å²) in [6, 6.07) is 10.2. The summed E-state index contributed by atoms with van der Waals surface area (Å²) in [5.41, 5.74) is 6.49. The lowest BCUT2D eigenvalue weighted by atomic mass is 10.2. The zero-order valence-corrected chi connectivity index (χ0v) is 10.7. The summed E-state index contributed by atoms with van der Waals surface area (Å²) in [5, 5.41) is 0. The van der Waals surface area contributed by atoms with Gasteiger partial charge < -0.3 is 10.5 Å². The molecule has 19 heavy (non-hydrogen) atoms. The largest absolute Gasteiger partial charge is 0.489 e. The Morgan fingerprint density at radius 3 is 2.37 bits per heavy atom. The molecule has 2 N–H and O–H groups in total. The molecule has 0 atom stereocenters. The lowest BCUT2D eigenvalue weighted by Crippen LogP contribution is -2.08. The normalized spacial score (nSPS) is 10.2. The molecule has 0 radical (unpaired) electrons. The third-order valence-corrected chi connectivity index (χ3v) is 2.78. The summed E-state index contributed by atoms with van der Waals surface area (Å²) in [6.45, 7) is 0.0263. The predicted octanol–water partition coefficient (Wildman–Crippen LogP) is 3.18. The molecule has 0 aromatic heterocycles. The van der Waals surface area contributed by atoms with Crippen molar-refractivity contribution in [3.8, 4) is 5.75 Å². The molecule has 0 aliphatic heterocycles. The van der Waals surface area contributed by atoms with Crippen molar-refractivity contribution in [2.75, 3.05) is 0 Å². The van der Waals surface area contributed by atoms with Gasteiger partial charge in [0.05, 0.1) is 0 Å². The summed E-state index contributed by atoms with van der Waals surface area (Å²) in [4.78, 5) is 0.302. The zero-order valence-electron chi connectivity index (χ0n) is 9.90. The van der Waals surface area contributed by atoms with Gasteiger partial charge in [-0.1, -0.05) is 12.2 Å². The summed E-state index contributed by atoms with van der Waals surface area (Å²) in [5.74, 6) is -0.675. The van der Waals surface area contributed by atoms with E-state index in [1.54, 1.807) is 24.3 Å². The van der Waals surface area contributed by atoms with E-state index in [0.717, 1.165) is 11.6 Å². The molecule has 98 valence electrons. The van der Waals surface area contributed by atoms with Gasteiger partial charge >= 0.3 is 0 Å². The van der Waals surface area contributed by atoms with Gasteiger partial charge in [0, 0.05) is 17.2 Å². The van der Waals surface area contributed by atoms with Gasteiger partial charge in [0.25, 0.3) is 0 Å². The van der Waals surface area contributed by atoms with Crippen LogP contribution in [0, 0.1) is 11.6 Å². The molecule has 0 amide bonds. The van der Waals surface area contributed by atoms with Crippen molar-refractivity contribution in [2.24, 2.45) is 5.73 Å². The molecular weight excluding hydrogens is 268 g/mol. The van der Waals surface area contributed by atoms with E-state index in [1.165, 1.54) is 12.1 Å². The highest BCUT2D eigenvalue weighted by molar-refractivity contribution is 7.80. The molecule has 0 aliphatic rings. The zero-order chi connectivity index (χ0) is 13.8. The van der Waals surface area contributed by atoms with Crippen molar-refractivity contribution in [3.63, 3.8) is 0 Å². The molecule has 2 aromatic carbocycles. The molecule has 0 bridgehead atoms. The van der Waals surface area contributed by atoms with Crippen molar-refractivity contribution in [2.45, 2.75) is 6.61 Å². The van der Waals surface area contributed by atoms with Crippen molar-refractivity contribution in [1.82, 2.24) is 0 Å². The van der Waals surface area contributed by atoms with E-state index in [-0.39, 0.29) is 6.61 Å². The second-order valence-electron chi connectivity index (χ2n) is 3.91. The fourth-order valence-corrected chi connectivity index (χ4v) is 1.65. The minimum Gasteiger partial charge on any atom is -0.489 e. The van der Waals surface area contributed by atoms with Crippen LogP contribution in [0.4, 0.5) is 8.78 Å². The molecule has 0 unspecified atom stereocenters. The molecule has 0 saturated heterocycles. The van der Waals surface area contributed by atoms with Gasteiger partial charge in [0.2, 0.25) is 0 Å². The predicted molar refractivity (Wildman–Crippen MR) is 73.0 cm³/mol. The van der Waals surface area contributed by atoms with Crippen LogP contribution in [0.25, 0.3) is 0 Å². The molecule has 2 aromatic rings. The molecule has 0 saturated carbocycles. The van der Waals surface area contributed by atoms with Gasteiger partial charge in [-0.05, 0) is 36.4 Å². The average Bonchev–Trinajstić information content (AvgIpc) is 2.38. The highest BCUT2D eigenvalue weighted by Gasteiger charge is 2.05. The Hall–Kier alpha value is -2.01. The highest BCUT2D eigenvalue weighted by Crippen LogP contribution is 2.16. The van der Waals surface area contributed by atoms with Crippen LogP contribution in [-0.2, 0) is 6.61 Å². The second-order valence-corrected chi connectivity index (χ2v) is 4.35. The number of hydrogen-bond donors (Lipinski definition) is 1. The minimum absolute atomic E-state index is 0.0263. The van der Waals surface area contributed by atoms with Gasteiger partial charge in [-0.3, -0.25) is 0 Å². The van der Waals surface area contributed by atoms with Crippen molar-refractivity contribution < 1.29 is 13.5 Å². The third-order valence-electron chi connectivity index (χ3n) is 2.55. The molecule has 2 nitrogen and oxygen atoms in total. The van der Waals surface area contributed by atoms with E-state index in [1.807, 2.05) is 0 Å². The van der Waals surface area contributed by atoms with Gasteiger partial charge in [0.1, 0.15) is 29.0 Å². The standard InChI is InChI=1S/C14H11F2NOS/c15-11-4-1-10(13(16)7-11)8-18-12-5-2-9(3-6-12)14(17)19/h1-7H,8H2,(H2,17,19). The summed E-state index contributed by atoms with van der Waals surface area (Å²) < 4.78 is 31.5. The molecule has 0 fully saturated rings. The Bertz CT molecular complexity index is 599. The maximum absolute atomic E-state index is 13.4. The number of halogens is 2. The fraction of sp³-hybridized carbons (Fsp3) is 0.0714. The van der Waals surface area contributed by atoms with Crippen LogP contribution < -0.4 is 10.5 Å². The van der Waals surface area contributed by atoms with Crippen LogP contribution in [0.15, 0.2) is 42.5 Å². The fourth-order valence-electron chi connectivity index (χ4n) is 1.52. The summed E-state index contributed by atoms with van der Waals surface area (Å²) in [7, 11) is 0. The molecular formula is C14H11F2NOS. The lowest BCUT2D eigenvalue weighted by molar-refractivity contribution is 0.299. The van der Waals surface area contributed by atoms with Crippen molar-refractivity contribution in [3.05, 3.63) is 65.2 Å². The van der Waals surface area contributed by atoms with Crippen molar-refractivity contribution in [1.29, 1.82) is 0 Å². The van der Waals surface area contributed by atoms with E-state index >= 15 is 0 Å². The highest BCUT2D eigenvalue weighted by atomic mass is 32.1. The Kier molecular flexibility index (Phi) is 4.06. The third kappa shape index (κ3) is 3.48. The summed E-state index contributed by atoms with van der Waals surface area (Å²) >= 11 is 4.83. The Labute approximate surface area is 114 Å². The topological polar surface area (TPSA) is 35.2 Å². The van der Waals surface area contributed by atoms with Crippen LogP contribution in [0.5, 0.6) is 5.75 Å². The van der Waals surface area contributed by atoms with E-state index < -0.39 is 11.6 Å². The SMILES string of the molecule is NC(=S)c1ccc(OCc2ccc(F)cc2F)cc1. The summed E-state index contributed by atoms with van der Waals surface area (Å²) in [6.07, 6.45) is 0. The Balaban J connectivity index is 2.04. The monoisotopic (exact) mass is 279 g/mol. The van der Waals surface area contributed by atoms with E-state index in [0.29, 0.717) is 16.3 Å². The smallest absolute Gasteiger partial charge is 0.132 e. The van der Waals surface area contributed by atoms with E-state index in [9.17, 15) is 8.78 Å². The molecule has 0 heterocycles. The maximum atomic E-state index is 13.4. The number of hydrogen-bond acceptors (Lipinski definition) is 2.